The normalized spacial score (nSPS) is 12.6. The van der Waals surface area contributed by atoms with Gasteiger partial charge in [-0.05, 0) is 50.5 Å². The summed E-state index contributed by atoms with van der Waals surface area (Å²) < 4.78 is 5.62. The number of amides is 4. The summed E-state index contributed by atoms with van der Waals surface area (Å²) in [5.41, 5.74) is 0.904. The van der Waals surface area contributed by atoms with Gasteiger partial charge in [0.2, 0.25) is 12.3 Å². The average molecular weight is 658 g/mol. The topological polar surface area (TPSA) is 225 Å². The highest BCUT2D eigenvalue weighted by Crippen LogP contribution is 2.27. The molecule has 1 aromatic heterocycles. The summed E-state index contributed by atoms with van der Waals surface area (Å²) in [4.78, 5) is 76.8. The molecular weight excluding hydrogens is 614 g/mol. The minimum atomic E-state index is -1.42. The number of rotatable bonds is 21. The Morgan fingerprint density at radius 1 is 0.979 bits per heavy atom. The van der Waals surface area contributed by atoms with Gasteiger partial charge < -0.3 is 30.9 Å². The molecule has 0 saturated heterocycles. The first-order chi connectivity index (χ1) is 22.5. The lowest BCUT2D eigenvalue weighted by Gasteiger charge is -2.29. The lowest BCUT2D eigenvalue weighted by Crippen LogP contribution is -2.47. The Kier molecular flexibility index (Phi) is 15.8. The maximum Gasteiger partial charge on any atom is 0.326 e. The monoisotopic (exact) mass is 657 g/mol. The number of carboxylic acid groups (broad SMARTS) is 2. The fourth-order valence-corrected chi connectivity index (χ4v) is 4.91. The van der Waals surface area contributed by atoms with Crippen LogP contribution < -0.4 is 20.7 Å². The van der Waals surface area contributed by atoms with Crippen LogP contribution in [0, 0.1) is 5.92 Å². The third-order valence-electron chi connectivity index (χ3n) is 7.35. The first-order valence-corrected chi connectivity index (χ1v) is 15.4. The molecule has 0 fully saturated rings. The molecule has 0 aliphatic heterocycles. The van der Waals surface area contributed by atoms with Gasteiger partial charge in [-0.3, -0.25) is 29.2 Å². The van der Waals surface area contributed by atoms with Crippen LogP contribution in [-0.4, -0.2) is 86.9 Å². The summed E-state index contributed by atoms with van der Waals surface area (Å²) >= 11 is 0. The summed E-state index contributed by atoms with van der Waals surface area (Å²) in [6.07, 6.45) is 2.87. The second-order valence-corrected chi connectivity index (χ2v) is 10.6. The van der Waals surface area contributed by atoms with E-state index in [2.05, 4.69) is 20.9 Å². The van der Waals surface area contributed by atoms with Gasteiger partial charge in [0.25, 0.3) is 11.8 Å². The van der Waals surface area contributed by atoms with Gasteiger partial charge in [0, 0.05) is 12.0 Å². The van der Waals surface area contributed by atoms with Crippen LogP contribution in [0.5, 0.6) is 5.75 Å². The summed E-state index contributed by atoms with van der Waals surface area (Å²) in [7, 11) is 0. The summed E-state index contributed by atoms with van der Waals surface area (Å²) in [5.74, 6) is -4.89. The van der Waals surface area contributed by atoms with E-state index < -0.39 is 54.1 Å². The summed E-state index contributed by atoms with van der Waals surface area (Å²) in [5, 5.41) is 36.4. The third-order valence-corrected chi connectivity index (χ3v) is 7.35. The fourth-order valence-electron chi connectivity index (χ4n) is 4.91. The molecule has 0 aliphatic carbocycles. The Morgan fingerprint density at radius 2 is 1.72 bits per heavy atom. The molecule has 0 radical (unpaired) electrons. The zero-order valence-corrected chi connectivity index (χ0v) is 26.7. The highest BCUT2D eigenvalue weighted by molar-refractivity contribution is 5.99. The molecule has 47 heavy (non-hydrogen) atoms. The number of carboxylic acids is 2. The molecule has 256 valence electrons. The maximum atomic E-state index is 13.0. The Morgan fingerprint density at radius 3 is 2.34 bits per heavy atom. The van der Waals surface area contributed by atoms with Crippen LogP contribution >= 0.6 is 0 Å². The van der Waals surface area contributed by atoms with Crippen LogP contribution in [0.25, 0.3) is 11.3 Å². The summed E-state index contributed by atoms with van der Waals surface area (Å²) in [6.45, 7) is 5.43. The van der Waals surface area contributed by atoms with Crippen LogP contribution in [0.2, 0.25) is 0 Å². The summed E-state index contributed by atoms with van der Waals surface area (Å²) in [6, 6.07) is 7.04. The maximum absolute atomic E-state index is 13.0. The number of ether oxygens (including phenoxy) is 1. The van der Waals surface area contributed by atoms with Crippen molar-refractivity contribution in [2.75, 3.05) is 13.3 Å². The van der Waals surface area contributed by atoms with E-state index in [1.807, 2.05) is 6.92 Å². The Balaban J connectivity index is 2.17. The highest BCUT2D eigenvalue weighted by atomic mass is 16.5. The van der Waals surface area contributed by atoms with Crippen molar-refractivity contribution in [3.63, 3.8) is 0 Å². The molecule has 4 amide bonds. The van der Waals surface area contributed by atoms with Gasteiger partial charge >= 0.3 is 11.9 Å². The zero-order chi connectivity index (χ0) is 34.9. The van der Waals surface area contributed by atoms with E-state index >= 15 is 0 Å². The number of hydroxylamine groups is 2. The number of aliphatic carboxylic acids is 2. The van der Waals surface area contributed by atoms with Crippen LogP contribution in [-0.2, 0) is 19.2 Å². The largest absolute Gasteiger partial charge is 0.493 e. The number of benzene rings is 1. The van der Waals surface area contributed by atoms with Crippen molar-refractivity contribution in [3.8, 4) is 17.0 Å². The van der Waals surface area contributed by atoms with E-state index in [-0.39, 0.29) is 43.1 Å². The van der Waals surface area contributed by atoms with Crippen molar-refractivity contribution in [2.45, 2.75) is 77.8 Å². The number of hydrogen-bond donors (Lipinski definition) is 6. The number of carbonyl (C=O) groups excluding carboxylic acids is 4. The van der Waals surface area contributed by atoms with E-state index in [0.717, 1.165) is 19.3 Å². The fraction of sp³-hybridized carbons (Fsp3) is 0.469. The van der Waals surface area contributed by atoms with Gasteiger partial charge in [-0.25, -0.2) is 14.8 Å². The molecule has 0 spiro atoms. The van der Waals surface area contributed by atoms with E-state index in [1.54, 1.807) is 32.0 Å². The van der Waals surface area contributed by atoms with Gasteiger partial charge in [-0.2, -0.15) is 0 Å². The Hall–Kier alpha value is -5.05. The predicted octanol–water partition coefficient (Wildman–Crippen LogP) is 2.82. The predicted molar refractivity (Wildman–Crippen MR) is 168 cm³/mol. The highest BCUT2D eigenvalue weighted by Gasteiger charge is 2.30. The molecule has 2 aromatic rings. The van der Waals surface area contributed by atoms with Crippen LogP contribution in [0.1, 0.15) is 86.6 Å². The minimum absolute atomic E-state index is 0.0255. The second kappa shape index (κ2) is 19.5. The zero-order valence-electron chi connectivity index (χ0n) is 26.7. The number of pyridine rings is 1. The molecule has 15 heteroatoms. The van der Waals surface area contributed by atoms with Crippen LogP contribution in [0.15, 0.2) is 36.4 Å². The van der Waals surface area contributed by atoms with Crippen molar-refractivity contribution < 1.29 is 48.9 Å². The molecule has 0 unspecified atom stereocenters. The first kappa shape index (κ1) is 38.1. The van der Waals surface area contributed by atoms with Crippen LogP contribution in [0.4, 0.5) is 0 Å². The molecule has 3 atom stereocenters. The van der Waals surface area contributed by atoms with Crippen molar-refractivity contribution in [1.29, 1.82) is 0 Å². The molecule has 15 nitrogen and oxygen atoms in total. The SMILES string of the molecule is CCCCC[C@@H](C(=O)NCNC(=O)c1cccc(-c2ccc(C(=O)N[C@@H](CCC(=O)O)C(=O)O)c(OCC)c2)n1)[C@@H](CC)N(O)C=O. The van der Waals surface area contributed by atoms with Crippen LogP contribution in [0.3, 0.4) is 0 Å². The van der Waals surface area contributed by atoms with Crippen molar-refractivity contribution in [1.82, 2.24) is 26.0 Å². The molecule has 1 heterocycles. The number of hydrogen-bond acceptors (Lipinski definition) is 9. The molecular formula is C32H43N5O10. The lowest BCUT2D eigenvalue weighted by molar-refractivity contribution is -0.168. The molecule has 0 aliphatic rings. The molecule has 1 aromatic carbocycles. The van der Waals surface area contributed by atoms with E-state index in [0.29, 0.717) is 29.2 Å². The van der Waals surface area contributed by atoms with Gasteiger partial charge in [0.05, 0.1) is 36.5 Å². The van der Waals surface area contributed by atoms with E-state index in [1.165, 1.54) is 18.2 Å². The van der Waals surface area contributed by atoms with Crippen molar-refractivity contribution >= 4 is 36.1 Å². The van der Waals surface area contributed by atoms with Gasteiger partial charge in [0.1, 0.15) is 17.5 Å². The smallest absolute Gasteiger partial charge is 0.326 e. The van der Waals surface area contributed by atoms with E-state index in [4.69, 9.17) is 9.84 Å². The number of nitrogens with one attached hydrogen (secondary N) is 3. The van der Waals surface area contributed by atoms with Gasteiger partial charge in [-0.15, -0.1) is 0 Å². The molecule has 2 rings (SSSR count). The number of carbonyl (C=O) groups is 6. The van der Waals surface area contributed by atoms with E-state index in [9.17, 15) is 39.1 Å². The molecule has 0 bridgehead atoms. The Labute approximate surface area is 272 Å². The number of nitrogens with zero attached hydrogens (tertiary/aromatic N) is 2. The van der Waals surface area contributed by atoms with Crippen molar-refractivity contribution in [3.05, 3.63) is 47.7 Å². The lowest BCUT2D eigenvalue weighted by atomic mass is 9.90. The quantitative estimate of drug-likeness (QED) is 0.0376. The minimum Gasteiger partial charge on any atom is -0.493 e. The van der Waals surface area contributed by atoms with Crippen molar-refractivity contribution in [2.24, 2.45) is 5.92 Å². The van der Waals surface area contributed by atoms with Gasteiger partial charge in [0.15, 0.2) is 0 Å². The third kappa shape index (κ3) is 11.7. The molecule has 6 N–H and O–H groups in total. The van der Waals surface area contributed by atoms with Gasteiger partial charge in [-0.1, -0.05) is 45.2 Å². The number of aromatic nitrogens is 1. The Bertz CT molecular complexity index is 1400. The average Bonchev–Trinajstić information content (AvgIpc) is 3.05. The molecule has 0 saturated carbocycles. The standard InChI is InChI=1S/C32H43N5O10/c1-4-7-8-10-21(26(5-2)37(46)19-38)29(41)33-18-34-31(43)24-12-9-11-23(35-24)20-13-14-22(27(17-20)47-6-3)30(42)36-25(32(44)45)15-16-28(39)40/h9,11-14,17,19,21,25-26,46H,4-8,10,15-16,18H2,1-3H3,(H,33,41)(H,34,43)(H,36,42)(H,39,40)(H,44,45)/t21-,25+,26-/m1/s1. The first-order valence-electron chi connectivity index (χ1n) is 15.4. The number of unbranched alkanes of at least 4 members (excludes halogenated alkanes) is 2. The second-order valence-electron chi connectivity index (χ2n) is 10.6.